The van der Waals surface area contributed by atoms with Crippen LogP contribution in [-0.2, 0) is 4.79 Å². The van der Waals surface area contributed by atoms with E-state index < -0.39 is 5.97 Å². The Bertz CT molecular complexity index is 419. The van der Waals surface area contributed by atoms with Crippen LogP contribution < -0.4 is 4.90 Å². The van der Waals surface area contributed by atoms with Crippen LogP contribution in [0.1, 0.15) is 23.5 Å². The highest BCUT2D eigenvalue weighted by Gasteiger charge is 2.23. The van der Waals surface area contributed by atoms with Crippen LogP contribution in [0.15, 0.2) is 12.3 Å². The monoisotopic (exact) mass is 207 g/mol. The first-order valence-corrected chi connectivity index (χ1v) is 4.55. The van der Waals surface area contributed by atoms with Crippen molar-refractivity contribution in [1.82, 2.24) is 9.97 Å². The molecule has 78 valence electrons. The van der Waals surface area contributed by atoms with E-state index in [0.717, 1.165) is 6.42 Å². The molecule has 0 aromatic carbocycles. The number of anilines is 1. The van der Waals surface area contributed by atoms with E-state index in [0.29, 0.717) is 18.8 Å². The molecule has 6 heteroatoms. The summed E-state index contributed by atoms with van der Waals surface area (Å²) in [4.78, 5) is 30.9. The Balaban J connectivity index is 2.32. The van der Waals surface area contributed by atoms with Crippen molar-refractivity contribution < 1.29 is 14.7 Å². The molecule has 0 spiro atoms. The molecule has 1 amide bonds. The van der Waals surface area contributed by atoms with Gasteiger partial charge in [0.25, 0.3) is 0 Å². The molecule has 2 rings (SSSR count). The quantitative estimate of drug-likeness (QED) is 0.754. The van der Waals surface area contributed by atoms with Crippen molar-refractivity contribution in [3.05, 3.63) is 18.1 Å². The Morgan fingerprint density at radius 1 is 1.53 bits per heavy atom. The minimum atomic E-state index is -1.19. The molecule has 1 aliphatic heterocycles. The third-order valence-electron chi connectivity index (χ3n) is 2.18. The lowest BCUT2D eigenvalue weighted by atomic mass is 10.4. The SMILES string of the molecule is O=C(O)c1nccc(N2CCCC2=O)n1. The molecule has 1 aliphatic rings. The number of carboxylic acids is 1. The zero-order chi connectivity index (χ0) is 10.8. The van der Waals surface area contributed by atoms with Gasteiger partial charge in [-0.05, 0) is 12.5 Å². The first-order valence-electron chi connectivity index (χ1n) is 4.55. The smallest absolute Gasteiger partial charge is 0.374 e. The van der Waals surface area contributed by atoms with Gasteiger partial charge in [0.2, 0.25) is 11.7 Å². The van der Waals surface area contributed by atoms with E-state index in [4.69, 9.17) is 5.11 Å². The minimum absolute atomic E-state index is 0.0231. The topological polar surface area (TPSA) is 83.4 Å². The summed E-state index contributed by atoms with van der Waals surface area (Å²) in [5, 5.41) is 8.69. The van der Waals surface area contributed by atoms with Crippen LogP contribution in [0.5, 0.6) is 0 Å². The second-order valence-electron chi connectivity index (χ2n) is 3.19. The summed E-state index contributed by atoms with van der Waals surface area (Å²) in [7, 11) is 0. The largest absolute Gasteiger partial charge is 0.475 e. The van der Waals surface area contributed by atoms with Crippen LogP contribution >= 0.6 is 0 Å². The summed E-state index contributed by atoms with van der Waals surface area (Å²) in [6.45, 7) is 0.592. The molecule has 1 N–H and O–H groups in total. The van der Waals surface area contributed by atoms with Crippen molar-refractivity contribution in [2.24, 2.45) is 0 Å². The van der Waals surface area contributed by atoms with Crippen LogP contribution in [0, 0.1) is 0 Å². The lowest BCUT2D eigenvalue weighted by Gasteiger charge is -2.13. The van der Waals surface area contributed by atoms with Crippen molar-refractivity contribution in [1.29, 1.82) is 0 Å². The van der Waals surface area contributed by atoms with E-state index in [1.54, 1.807) is 0 Å². The third kappa shape index (κ3) is 1.78. The Kier molecular flexibility index (Phi) is 2.32. The second kappa shape index (κ2) is 3.64. The molecule has 15 heavy (non-hydrogen) atoms. The van der Waals surface area contributed by atoms with E-state index in [9.17, 15) is 9.59 Å². The van der Waals surface area contributed by atoms with Crippen molar-refractivity contribution in [2.45, 2.75) is 12.8 Å². The molecule has 0 aliphatic carbocycles. The van der Waals surface area contributed by atoms with Gasteiger partial charge in [0.1, 0.15) is 5.82 Å². The normalized spacial score (nSPS) is 15.7. The molecule has 0 saturated carbocycles. The number of carboxylic acid groups (broad SMARTS) is 1. The number of aromatic nitrogens is 2. The second-order valence-corrected chi connectivity index (χ2v) is 3.19. The predicted octanol–water partition coefficient (Wildman–Crippen LogP) is 0.302. The summed E-state index contributed by atoms with van der Waals surface area (Å²) in [6.07, 6.45) is 2.62. The Hall–Kier alpha value is -1.98. The van der Waals surface area contributed by atoms with Crippen LogP contribution in [0.25, 0.3) is 0 Å². The summed E-state index contributed by atoms with van der Waals surface area (Å²) in [6, 6.07) is 1.54. The fourth-order valence-corrected chi connectivity index (χ4v) is 1.49. The molecule has 1 fully saturated rings. The average molecular weight is 207 g/mol. The molecule has 1 saturated heterocycles. The highest BCUT2D eigenvalue weighted by molar-refractivity contribution is 5.94. The zero-order valence-corrected chi connectivity index (χ0v) is 7.88. The van der Waals surface area contributed by atoms with Gasteiger partial charge in [-0.25, -0.2) is 14.8 Å². The lowest BCUT2D eigenvalue weighted by molar-refractivity contribution is -0.117. The van der Waals surface area contributed by atoms with Gasteiger partial charge in [-0.1, -0.05) is 0 Å². The standard InChI is InChI=1S/C9H9N3O3/c13-7-2-1-5-12(7)6-3-4-10-8(11-6)9(14)15/h3-4H,1-2,5H2,(H,14,15). The Morgan fingerprint density at radius 2 is 2.33 bits per heavy atom. The van der Waals surface area contributed by atoms with E-state index in [2.05, 4.69) is 9.97 Å². The number of nitrogens with zero attached hydrogens (tertiary/aromatic N) is 3. The number of rotatable bonds is 2. The Morgan fingerprint density at radius 3 is 2.93 bits per heavy atom. The van der Waals surface area contributed by atoms with Gasteiger partial charge in [0.05, 0.1) is 0 Å². The van der Waals surface area contributed by atoms with Crippen LogP contribution in [0.3, 0.4) is 0 Å². The third-order valence-corrected chi connectivity index (χ3v) is 2.18. The van der Waals surface area contributed by atoms with E-state index >= 15 is 0 Å². The summed E-state index contributed by atoms with van der Waals surface area (Å²) < 4.78 is 0. The van der Waals surface area contributed by atoms with Crippen LogP contribution in [-0.4, -0.2) is 33.5 Å². The fourth-order valence-electron chi connectivity index (χ4n) is 1.49. The van der Waals surface area contributed by atoms with E-state index in [-0.39, 0.29) is 11.7 Å². The molecular formula is C9H9N3O3. The number of aromatic carboxylic acids is 1. The van der Waals surface area contributed by atoms with Crippen molar-refractivity contribution in [3.63, 3.8) is 0 Å². The lowest BCUT2D eigenvalue weighted by Crippen LogP contribution is -2.25. The fraction of sp³-hybridized carbons (Fsp3) is 0.333. The van der Waals surface area contributed by atoms with E-state index in [1.807, 2.05) is 0 Å². The highest BCUT2D eigenvalue weighted by Crippen LogP contribution is 2.18. The first kappa shape index (κ1) is 9.57. The molecule has 1 aromatic heterocycles. The van der Waals surface area contributed by atoms with Crippen LogP contribution in [0.4, 0.5) is 5.82 Å². The molecule has 0 atom stereocenters. The average Bonchev–Trinajstić information content (AvgIpc) is 2.64. The van der Waals surface area contributed by atoms with Crippen molar-refractivity contribution in [3.8, 4) is 0 Å². The van der Waals surface area contributed by atoms with Gasteiger partial charge < -0.3 is 5.11 Å². The number of hydrogen-bond acceptors (Lipinski definition) is 4. The minimum Gasteiger partial charge on any atom is -0.475 e. The number of amides is 1. The number of carbonyl (C=O) groups excluding carboxylic acids is 1. The summed E-state index contributed by atoms with van der Waals surface area (Å²) >= 11 is 0. The maximum absolute atomic E-state index is 11.4. The maximum Gasteiger partial charge on any atom is 0.374 e. The van der Waals surface area contributed by atoms with Gasteiger partial charge in [-0.3, -0.25) is 9.69 Å². The van der Waals surface area contributed by atoms with Crippen molar-refractivity contribution in [2.75, 3.05) is 11.4 Å². The van der Waals surface area contributed by atoms with Gasteiger partial charge in [0.15, 0.2) is 0 Å². The highest BCUT2D eigenvalue weighted by atomic mass is 16.4. The number of carbonyl (C=O) groups is 2. The van der Waals surface area contributed by atoms with Crippen molar-refractivity contribution >= 4 is 17.7 Å². The molecule has 0 bridgehead atoms. The Labute approximate surface area is 85.6 Å². The summed E-state index contributed by atoms with van der Waals surface area (Å²) in [5.41, 5.74) is 0. The molecule has 0 radical (unpaired) electrons. The predicted molar refractivity (Wildman–Crippen MR) is 50.6 cm³/mol. The first-order chi connectivity index (χ1) is 7.18. The molecule has 2 heterocycles. The summed E-state index contributed by atoms with van der Waals surface area (Å²) in [5.74, 6) is -1.13. The number of hydrogen-bond donors (Lipinski definition) is 1. The van der Waals surface area contributed by atoms with Crippen LogP contribution in [0.2, 0.25) is 0 Å². The van der Waals surface area contributed by atoms with Gasteiger partial charge >= 0.3 is 5.97 Å². The van der Waals surface area contributed by atoms with Gasteiger partial charge in [-0.15, -0.1) is 0 Å². The zero-order valence-electron chi connectivity index (χ0n) is 7.88. The van der Waals surface area contributed by atoms with Gasteiger partial charge in [-0.2, -0.15) is 0 Å². The maximum atomic E-state index is 11.4. The molecule has 0 unspecified atom stereocenters. The van der Waals surface area contributed by atoms with E-state index in [1.165, 1.54) is 17.2 Å². The molecule has 6 nitrogen and oxygen atoms in total. The molecule has 1 aromatic rings. The molecular weight excluding hydrogens is 198 g/mol. The van der Waals surface area contributed by atoms with Gasteiger partial charge in [0, 0.05) is 19.2 Å².